The number of phenols is 1. The minimum atomic E-state index is -1.20. The first kappa shape index (κ1) is 20.1. The Labute approximate surface area is 179 Å². The molecule has 0 saturated heterocycles. The summed E-state index contributed by atoms with van der Waals surface area (Å²) in [5.41, 5.74) is 0.984. The van der Waals surface area contributed by atoms with Gasteiger partial charge in [0.1, 0.15) is 36.0 Å². The predicted molar refractivity (Wildman–Crippen MR) is 114 cm³/mol. The summed E-state index contributed by atoms with van der Waals surface area (Å²) >= 11 is 0. The van der Waals surface area contributed by atoms with Gasteiger partial charge in [-0.15, -0.1) is 0 Å². The summed E-state index contributed by atoms with van der Waals surface area (Å²) in [5.74, 6) is -0.259. The van der Waals surface area contributed by atoms with Crippen molar-refractivity contribution in [2.75, 3.05) is 18.1 Å². The molecule has 0 radical (unpaired) electrons. The molecule has 0 saturated carbocycles. The fraction of sp³-hybridized carbons (Fsp3) is 0.167. The van der Waals surface area contributed by atoms with Crippen LogP contribution in [0.15, 0.2) is 84.3 Å². The summed E-state index contributed by atoms with van der Waals surface area (Å²) in [5, 5.41) is 28.7. The Balaban J connectivity index is 1.47. The number of aromatic carboxylic acids is 1. The highest BCUT2D eigenvalue weighted by Gasteiger charge is 2.36. The third kappa shape index (κ3) is 4.23. The van der Waals surface area contributed by atoms with E-state index in [1.807, 2.05) is 53.5 Å². The van der Waals surface area contributed by atoms with Crippen LogP contribution in [0.25, 0.3) is 0 Å². The number of rotatable bonds is 7. The second-order valence-corrected chi connectivity index (χ2v) is 7.06. The predicted octanol–water partition coefficient (Wildman–Crippen LogP) is 3.85. The van der Waals surface area contributed by atoms with Crippen molar-refractivity contribution in [2.24, 2.45) is 5.92 Å². The average Bonchev–Trinajstić information content (AvgIpc) is 3.15. The summed E-state index contributed by atoms with van der Waals surface area (Å²) in [4.78, 5) is 13.0. The van der Waals surface area contributed by atoms with Gasteiger partial charge in [0.25, 0.3) is 0 Å². The van der Waals surface area contributed by atoms with Crippen LogP contribution in [0.5, 0.6) is 11.5 Å². The van der Waals surface area contributed by atoms with Gasteiger partial charge in [-0.25, -0.2) is 4.79 Å². The molecule has 156 valence electrons. The van der Waals surface area contributed by atoms with E-state index in [1.54, 1.807) is 12.3 Å². The fourth-order valence-corrected chi connectivity index (χ4v) is 3.65. The van der Waals surface area contributed by atoms with Gasteiger partial charge in [0.15, 0.2) is 0 Å². The minimum absolute atomic E-state index is 0.154. The Morgan fingerprint density at radius 1 is 1.13 bits per heavy atom. The van der Waals surface area contributed by atoms with Crippen molar-refractivity contribution in [3.8, 4) is 17.6 Å². The molecule has 1 heterocycles. The monoisotopic (exact) mass is 416 g/mol. The number of benzene rings is 2. The Hall–Kier alpha value is -4.18. The molecule has 0 aromatic heterocycles. The fourth-order valence-electron chi connectivity index (χ4n) is 3.65. The maximum Gasteiger partial charge on any atom is 0.339 e. The van der Waals surface area contributed by atoms with Crippen LogP contribution in [0.2, 0.25) is 0 Å². The lowest BCUT2D eigenvalue weighted by Crippen LogP contribution is -2.31. The van der Waals surface area contributed by atoms with E-state index in [0.29, 0.717) is 30.2 Å². The van der Waals surface area contributed by atoms with Crippen molar-refractivity contribution in [1.29, 1.82) is 5.26 Å². The van der Waals surface area contributed by atoms with Gasteiger partial charge in [0.05, 0.1) is 17.7 Å². The zero-order chi connectivity index (χ0) is 21.8. The number of carbonyl (C=O) groups is 1. The van der Waals surface area contributed by atoms with Crippen molar-refractivity contribution in [3.05, 3.63) is 89.9 Å². The van der Waals surface area contributed by atoms with E-state index < -0.39 is 5.97 Å². The SMILES string of the molecule is N#CC1=CN(c2ccc(C(=O)O)c(O)c2)C2C=C(OCCOc3ccccc3)C=CC12. The third-order valence-corrected chi connectivity index (χ3v) is 5.13. The van der Waals surface area contributed by atoms with Gasteiger partial charge in [0, 0.05) is 23.9 Å². The van der Waals surface area contributed by atoms with Crippen LogP contribution in [-0.2, 0) is 4.74 Å². The van der Waals surface area contributed by atoms with Crippen LogP contribution in [-0.4, -0.2) is 35.4 Å². The molecule has 0 spiro atoms. The number of hydrogen-bond acceptors (Lipinski definition) is 6. The molecular weight excluding hydrogens is 396 g/mol. The number of carboxylic acids is 1. The van der Waals surface area contributed by atoms with E-state index in [2.05, 4.69) is 6.07 Å². The van der Waals surface area contributed by atoms with E-state index in [4.69, 9.17) is 14.6 Å². The van der Waals surface area contributed by atoms with Crippen LogP contribution >= 0.6 is 0 Å². The number of ether oxygens (including phenoxy) is 2. The lowest BCUT2D eigenvalue weighted by molar-refractivity contribution is 0.0694. The lowest BCUT2D eigenvalue weighted by Gasteiger charge is -2.29. The van der Waals surface area contributed by atoms with E-state index >= 15 is 0 Å². The summed E-state index contributed by atoms with van der Waals surface area (Å²) < 4.78 is 11.5. The van der Waals surface area contributed by atoms with Gasteiger partial charge in [-0.2, -0.15) is 5.26 Å². The van der Waals surface area contributed by atoms with Gasteiger partial charge in [-0.3, -0.25) is 0 Å². The summed E-state index contributed by atoms with van der Waals surface area (Å²) in [6.07, 6.45) is 7.38. The number of carboxylic acid groups (broad SMARTS) is 1. The number of allylic oxidation sites excluding steroid dienone is 1. The zero-order valence-electron chi connectivity index (χ0n) is 16.5. The second-order valence-electron chi connectivity index (χ2n) is 7.06. The van der Waals surface area contributed by atoms with Crippen molar-refractivity contribution in [2.45, 2.75) is 6.04 Å². The molecule has 7 nitrogen and oxygen atoms in total. The van der Waals surface area contributed by atoms with Crippen LogP contribution in [0.1, 0.15) is 10.4 Å². The van der Waals surface area contributed by atoms with Gasteiger partial charge in [0.2, 0.25) is 0 Å². The minimum Gasteiger partial charge on any atom is -0.507 e. The Kier molecular flexibility index (Phi) is 5.63. The van der Waals surface area contributed by atoms with Crippen LogP contribution in [0.3, 0.4) is 0 Å². The Morgan fingerprint density at radius 3 is 2.61 bits per heavy atom. The molecule has 2 aliphatic rings. The molecule has 2 unspecified atom stereocenters. The molecule has 2 atom stereocenters. The number of nitrogens with zero attached hydrogens (tertiary/aromatic N) is 2. The molecule has 2 N–H and O–H groups in total. The molecule has 0 fully saturated rings. The Bertz CT molecular complexity index is 1110. The molecule has 0 bridgehead atoms. The topological polar surface area (TPSA) is 103 Å². The summed E-state index contributed by atoms with van der Waals surface area (Å²) in [6, 6.07) is 15.8. The summed E-state index contributed by atoms with van der Waals surface area (Å²) in [6.45, 7) is 0.744. The second kappa shape index (κ2) is 8.67. The lowest BCUT2D eigenvalue weighted by atomic mass is 9.91. The van der Waals surface area contributed by atoms with Crippen molar-refractivity contribution in [1.82, 2.24) is 0 Å². The molecule has 1 aliphatic carbocycles. The molecule has 2 aromatic rings. The molecule has 7 heteroatoms. The molecule has 1 aliphatic heterocycles. The molecular formula is C24H20N2O5. The van der Waals surface area contributed by atoms with E-state index in [1.165, 1.54) is 12.1 Å². The molecule has 4 rings (SSSR count). The maximum atomic E-state index is 11.2. The van der Waals surface area contributed by atoms with Gasteiger partial charge in [-0.1, -0.05) is 24.3 Å². The van der Waals surface area contributed by atoms with E-state index in [9.17, 15) is 15.2 Å². The zero-order valence-corrected chi connectivity index (χ0v) is 16.5. The number of hydrogen-bond donors (Lipinski definition) is 2. The maximum absolute atomic E-state index is 11.2. The number of anilines is 1. The van der Waals surface area contributed by atoms with Gasteiger partial charge < -0.3 is 24.6 Å². The average molecular weight is 416 g/mol. The van der Waals surface area contributed by atoms with E-state index in [0.717, 1.165) is 5.75 Å². The largest absolute Gasteiger partial charge is 0.507 e. The first-order chi connectivity index (χ1) is 15.1. The molecule has 2 aromatic carbocycles. The van der Waals surface area contributed by atoms with Gasteiger partial charge in [-0.05, 0) is 36.4 Å². The Morgan fingerprint density at radius 2 is 1.90 bits per heavy atom. The smallest absolute Gasteiger partial charge is 0.339 e. The summed E-state index contributed by atoms with van der Waals surface area (Å²) in [7, 11) is 0. The molecule has 0 amide bonds. The quantitative estimate of drug-likeness (QED) is 0.661. The number of aromatic hydroxyl groups is 1. The van der Waals surface area contributed by atoms with Crippen molar-refractivity contribution >= 4 is 11.7 Å². The molecule has 31 heavy (non-hydrogen) atoms. The van der Waals surface area contributed by atoms with Crippen molar-refractivity contribution in [3.63, 3.8) is 0 Å². The van der Waals surface area contributed by atoms with Gasteiger partial charge >= 0.3 is 5.97 Å². The number of nitriles is 1. The first-order valence-electron chi connectivity index (χ1n) is 9.74. The highest BCUT2D eigenvalue weighted by atomic mass is 16.5. The van der Waals surface area contributed by atoms with Crippen molar-refractivity contribution < 1.29 is 24.5 Å². The third-order valence-electron chi connectivity index (χ3n) is 5.13. The van der Waals surface area contributed by atoms with Crippen LogP contribution in [0, 0.1) is 17.2 Å². The number of fused-ring (bicyclic) bond motifs is 1. The highest BCUT2D eigenvalue weighted by Crippen LogP contribution is 2.38. The standard InChI is InChI=1S/C24H20N2O5/c25-14-16-15-26(17-6-8-21(24(28)29)23(27)12-17)22-13-19(7-9-20(16)22)31-11-10-30-18-4-2-1-3-5-18/h1-9,12-13,15,20,22,27H,10-11H2,(H,28,29). The first-order valence-corrected chi connectivity index (χ1v) is 9.74. The van der Waals surface area contributed by atoms with E-state index in [-0.39, 0.29) is 23.3 Å². The van der Waals surface area contributed by atoms with Crippen LogP contribution in [0.4, 0.5) is 5.69 Å². The highest BCUT2D eigenvalue weighted by molar-refractivity contribution is 5.91. The van der Waals surface area contributed by atoms with Crippen LogP contribution < -0.4 is 9.64 Å². The number of para-hydroxylation sites is 1. The normalized spacial score (nSPS) is 19.1.